The number of benzene rings is 1. The van der Waals surface area contributed by atoms with Crippen LogP contribution in [0.15, 0.2) is 42.7 Å². The smallest absolute Gasteiger partial charge is 0.232 e. The summed E-state index contributed by atoms with van der Waals surface area (Å²) in [5.74, 6) is 1.99. The number of β-lactam (4-membered cyclic amide) rings is 1. The Bertz CT molecular complexity index is 966. The van der Waals surface area contributed by atoms with Crippen LogP contribution >= 0.6 is 0 Å². The van der Waals surface area contributed by atoms with Gasteiger partial charge in [0.25, 0.3) is 0 Å². The van der Waals surface area contributed by atoms with Gasteiger partial charge in [-0.3, -0.25) is 14.7 Å². The van der Waals surface area contributed by atoms with Crippen molar-refractivity contribution in [2.45, 2.75) is 63.6 Å². The van der Waals surface area contributed by atoms with Gasteiger partial charge in [0, 0.05) is 43.6 Å². The molecule has 176 valence electrons. The Morgan fingerprint density at radius 2 is 1.73 bits per heavy atom. The molecule has 1 unspecified atom stereocenters. The third kappa shape index (κ3) is 3.88. The lowest BCUT2D eigenvalue weighted by atomic mass is 9.59. The van der Waals surface area contributed by atoms with Crippen molar-refractivity contribution >= 4 is 5.91 Å². The Morgan fingerprint density at radius 1 is 1.00 bits per heavy atom. The highest BCUT2D eigenvalue weighted by Crippen LogP contribution is 2.59. The molecule has 6 nitrogen and oxygen atoms in total. The predicted molar refractivity (Wildman–Crippen MR) is 127 cm³/mol. The summed E-state index contributed by atoms with van der Waals surface area (Å²) in [5, 5.41) is 0. The Balaban J connectivity index is 1.29. The number of para-hydroxylation sites is 1. The van der Waals surface area contributed by atoms with Gasteiger partial charge in [-0.25, -0.2) is 0 Å². The summed E-state index contributed by atoms with van der Waals surface area (Å²) >= 11 is 0. The molecule has 3 heterocycles. The van der Waals surface area contributed by atoms with E-state index in [1.54, 1.807) is 14.2 Å². The molecule has 0 bridgehead atoms. The Morgan fingerprint density at radius 3 is 2.39 bits per heavy atom. The van der Waals surface area contributed by atoms with E-state index >= 15 is 0 Å². The second-order valence-corrected chi connectivity index (χ2v) is 9.77. The van der Waals surface area contributed by atoms with Gasteiger partial charge in [-0.2, -0.15) is 0 Å². The van der Waals surface area contributed by atoms with Crippen molar-refractivity contribution in [1.82, 2.24) is 14.8 Å². The number of rotatable bonds is 6. The van der Waals surface area contributed by atoms with Crippen LogP contribution < -0.4 is 9.47 Å². The standard InChI is InChI=1S/C27H35N3O3/c1-32-23-8-6-7-21(24(23)33-2)19-29-17-11-22(12-18-29)30-25(20-9-15-28-16-10-20)27(26(30)31)13-4-3-5-14-27/h6-10,15-16,22,25H,3-5,11-14,17-19H2,1-2H3. The fourth-order valence-electron chi connectivity index (χ4n) is 6.44. The fourth-order valence-corrected chi connectivity index (χ4v) is 6.44. The number of ether oxygens (including phenoxy) is 2. The maximum atomic E-state index is 13.6. The first-order valence-corrected chi connectivity index (χ1v) is 12.3. The van der Waals surface area contributed by atoms with E-state index in [1.165, 1.54) is 24.8 Å². The van der Waals surface area contributed by atoms with Gasteiger partial charge in [-0.15, -0.1) is 0 Å². The highest BCUT2D eigenvalue weighted by Gasteiger charge is 2.62. The van der Waals surface area contributed by atoms with Crippen LogP contribution in [0.4, 0.5) is 0 Å². The molecule has 3 fully saturated rings. The SMILES string of the molecule is COc1cccc(CN2CCC(N3C(=O)C4(CCCCC4)C3c3ccncc3)CC2)c1OC. The number of pyridine rings is 1. The second kappa shape index (κ2) is 9.34. The summed E-state index contributed by atoms with van der Waals surface area (Å²) in [5.41, 5.74) is 2.23. The lowest BCUT2D eigenvalue weighted by Gasteiger charge is -2.61. The van der Waals surface area contributed by atoms with Crippen molar-refractivity contribution in [3.8, 4) is 11.5 Å². The van der Waals surface area contributed by atoms with Crippen molar-refractivity contribution in [3.05, 3.63) is 53.9 Å². The van der Waals surface area contributed by atoms with Crippen LogP contribution in [0.25, 0.3) is 0 Å². The molecule has 0 N–H and O–H groups in total. The van der Waals surface area contributed by atoms with Crippen molar-refractivity contribution in [2.24, 2.45) is 5.41 Å². The highest BCUT2D eigenvalue weighted by atomic mass is 16.5. The summed E-state index contributed by atoms with van der Waals surface area (Å²) in [4.78, 5) is 22.5. The fraction of sp³-hybridized carbons (Fsp3) is 0.556. The molecule has 1 spiro atoms. The number of carbonyl (C=O) groups is 1. The van der Waals surface area contributed by atoms with E-state index in [9.17, 15) is 4.79 Å². The van der Waals surface area contributed by atoms with Crippen LogP contribution in [-0.2, 0) is 11.3 Å². The normalized spacial score (nSPS) is 23.4. The number of amides is 1. The predicted octanol–water partition coefficient (Wildman–Crippen LogP) is 4.60. The average Bonchev–Trinajstić information content (AvgIpc) is 2.88. The molecule has 1 saturated carbocycles. The summed E-state index contributed by atoms with van der Waals surface area (Å²) in [6.07, 6.45) is 11.4. The maximum Gasteiger partial charge on any atom is 0.232 e. The van der Waals surface area contributed by atoms with Gasteiger partial charge in [0.05, 0.1) is 25.7 Å². The van der Waals surface area contributed by atoms with Crippen molar-refractivity contribution in [2.75, 3.05) is 27.3 Å². The molecule has 2 saturated heterocycles. The molecule has 1 aromatic carbocycles. The highest BCUT2D eigenvalue weighted by molar-refractivity contribution is 5.91. The monoisotopic (exact) mass is 449 g/mol. The van der Waals surface area contributed by atoms with E-state index in [-0.39, 0.29) is 11.5 Å². The molecule has 1 aromatic heterocycles. The zero-order valence-electron chi connectivity index (χ0n) is 19.8. The van der Waals surface area contributed by atoms with Gasteiger partial charge >= 0.3 is 0 Å². The summed E-state index contributed by atoms with van der Waals surface area (Å²) in [7, 11) is 3.37. The zero-order chi connectivity index (χ0) is 22.8. The number of hydrogen-bond acceptors (Lipinski definition) is 5. The quantitative estimate of drug-likeness (QED) is 0.604. The van der Waals surface area contributed by atoms with Crippen LogP contribution in [0.2, 0.25) is 0 Å². The lowest BCUT2D eigenvalue weighted by molar-refractivity contribution is -0.186. The zero-order valence-corrected chi connectivity index (χ0v) is 19.8. The van der Waals surface area contributed by atoms with E-state index in [4.69, 9.17) is 9.47 Å². The molecular formula is C27H35N3O3. The van der Waals surface area contributed by atoms with Gasteiger partial charge in [0.1, 0.15) is 0 Å². The van der Waals surface area contributed by atoms with Crippen molar-refractivity contribution < 1.29 is 14.3 Å². The number of methoxy groups -OCH3 is 2. The Kier molecular flexibility index (Phi) is 6.28. The molecule has 3 aliphatic rings. The third-order valence-corrected chi connectivity index (χ3v) is 8.06. The maximum absolute atomic E-state index is 13.6. The molecular weight excluding hydrogens is 414 g/mol. The molecule has 33 heavy (non-hydrogen) atoms. The van der Waals surface area contributed by atoms with E-state index in [0.29, 0.717) is 11.9 Å². The molecule has 5 rings (SSSR count). The van der Waals surface area contributed by atoms with E-state index < -0.39 is 0 Å². The van der Waals surface area contributed by atoms with Crippen LogP contribution in [0, 0.1) is 5.41 Å². The van der Waals surface area contributed by atoms with E-state index in [2.05, 4.69) is 33.0 Å². The van der Waals surface area contributed by atoms with E-state index in [0.717, 1.165) is 62.4 Å². The minimum atomic E-state index is -0.176. The molecule has 1 amide bonds. The van der Waals surface area contributed by atoms with Gasteiger partial charge < -0.3 is 14.4 Å². The molecule has 6 heteroatoms. The first-order chi connectivity index (χ1) is 16.2. The molecule has 2 aromatic rings. The second-order valence-electron chi connectivity index (χ2n) is 9.77. The van der Waals surface area contributed by atoms with Gasteiger partial charge in [-0.1, -0.05) is 31.4 Å². The topological polar surface area (TPSA) is 54.9 Å². The number of hydrogen-bond donors (Lipinski definition) is 0. The lowest BCUT2D eigenvalue weighted by Crippen LogP contribution is -2.67. The molecule has 1 atom stereocenters. The van der Waals surface area contributed by atoms with Crippen molar-refractivity contribution in [3.63, 3.8) is 0 Å². The number of piperidine rings is 1. The number of likely N-dealkylation sites (tertiary alicyclic amines) is 2. The molecule has 2 aliphatic heterocycles. The Labute approximate surface area is 196 Å². The first-order valence-electron chi connectivity index (χ1n) is 12.3. The van der Waals surface area contributed by atoms with Crippen LogP contribution in [0.3, 0.4) is 0 Å². The largest absolute Gasteiger partial charge is 0.493 e. The summed E-state index contributed by atoms with van der Waals surface area (Å²) < 4.78 is 11.1. The molecule has 1 aliphatic carbocycles. The van der Waals surface area contributed by atoms with E-state index in [1.807, 2.05) is 24.5 Å². The first kappa shape index (κ1) is 22.2. The minimum absolute atomic E-state index is 0.176. The average molecular weight is 450 g/mol. The van der Waals surface area contributed by atoms with Gasteiger partial charge in [0.15, 0.2) is 11.5 Å². The summed E-state index contributed by atoms with van der Waals surface area (Å²) in [6.45, 7) is 2.79. The van der Waals surface area contributed by atoms with Crippen molar-refractivity contribution in [1.29, 1.82) is 0 Å². The minimum Gasteiger partial charge on any atom is -0.493 e. The van der Waals surface area contributed by atoms with Crippen LogP contribution in [0.5, 0.6) is 11.5 Å². The van der Waals surface area contributed by atoms with Crippen LogP contribution in [-0.4, -0.2) is 54.0 Å². The number of aromatic nitrogens is 1. The van der Waals surface area contributed by atoms with Gasteiger partial charge in [0.2, 0.25) is 5.91 Å². The third-order valence-electron chi connectivity index (χ3n) is 8.06. The van der Waals surface area contributed by atoms with Gasteiger partial charge in [-0.05, 0) is 49.4 Å². The number of nitrogens with zero attached hydrogens (tertiary/aromatic N) is 3. The molecule has 0 radical (unpaired) electrons. The number of carbonyl (C=O) groups excluding carboxylic acids is 1. The summed E-state index contributed by atoms with van der Waals surface area (Å²) in [6, 6.07) is 10.8. The van der Waals surface area contributed by atoms with Crippen LogP contribution in [0.1, 0.15) is 62.1 Å². The Hall–Kier alpha value is -2.60.